The van der Waals surface area contributed by atoms with Crippen molar-refractivity contribution < 1.29 is 27.9 Å². The number of carboxylic acids is 1. The van der Waals surface area contributed by atoms with Crippen LogP contribution in [0, 0.1) is 0 Å². The number of carbonyl (C=O) groups is 2. The average Bonchev–Trinajstić information content (AvgIpc) is 3.48. The van der Waals surface area contributed by atoms with Gasteiger partial charge in [0.25, 0.3) is 5.91 Å². The summed E-state index contributed by atoms with van der Waals surface area (Å²) in [6, 6.07) is 15.6. The number of rotatable bonds is 6. The summed E-state index contributed by atoms with van der Waals surface area (Å²) in [5.41, 5.74) is 3.28. The van der Waals surface area contributed by atoms with Gasteiger partial charge in [0.05, 0.1) is 6.54 Å². The van der Waals surface area contributed by atoms with Crippen LogP contribution in [0.5, 0.6) is 0 Å². The SMILES string of the molecule is Cn1cc(-c2cnc(Nc3ccccc3)nc2)cc1C(=O)NCc1cccs1.O=C(O)C(F)(F)F. The smallest absolute Gasteiger partial charge is 0.475 e. The maximum Gasteiger partial charge on any atom is 0.490 e. The van der Waals surface area contributed by atoms with E-state index < -0.39 is 12.1 Å². The van der Waals surface area contributed by atoms with Gasteiger partial charge in [-0.25, -0.2) is 14.8 Å². The molecule has 1 aromatic carbocycles. The average molecular weight is 504 g/mol. The first-order chi connectivity index (χ1) is 16.6. The van der Waals surface area contributed by atoms with E-state index in [1.165, 1.54) is 0 Å². The van der Waals surface area contributed by atoms with Gasteiger partial charge < -0.3 is 20.3 Å². The molecule has 0 unspecified atom stereocenters. The maximum atomic E-state index is 12.5. The molecule has 0 bridgehead atoms. The van der Waals surface area contributed by atoms with Crippen LogP contribution in [0.2, 0.25) is 0 Å². The number of anilines is 2. The lowest BCUT2D eigenvalue weighted by Crippen LogP contribution is -2.24. The Morgan fingerprint density at radius 2 is 1.71 bits per heavy atom. The summed E-state index contributed by atoms with van der Waals surface area (Å²) >= 11 is 1.62. The van der Waals surface area contributed by atoms with Crippen molar-refractivity contribution in [3.8, 4) is 11.1 Å². The van der Waals surface area contributed by atoms with E-state index in [1.807, 2.05) is 71.7 Å². The molecule has 4 rings (SSSR count). The zero-order valence-corrected chi connectivity index (χ0v) is 19.1. The number of para-hydroxylation sites is 1. The van der Waals surface area contributed by atoms with E-state index in [4.69, 9.17) is 9.90 Å². The Balaban J connectivity index is 0.000000429. The number of aryl methyl sites for hydroxylation is 1. The fourth-order valence-electron chi connectivity index (χ4n) is 2.81. The van der Waals surface area contributed by atoms with E-state index >= 15 is 0 Å². The van der Waals surface area contributed by atoms with E-state index in [0.717, 1.165) is 21.7 Å². The number of carboxylic acid groups (broad SMARTS) is 1. The number of aromatic nitrogens is 3. The molecular formula is C23H20F3N5O3S. The Labute approximate surface area is 202 Å². The molecule has 35 heavy (non-hydrogen) atoms. The third-order valence-electron chi connectivity index (χ3n) is 4.50. The van der Waals surface area contributed by atoms with Crippen molar-refractivity contribution in [3.63, 3.8) is 0 Å². The minimum Gasteiger partial charge on any atom is -0.475 e. The molecule has 1 amide bonds. The van der Waals surface area contributed by atoms with Crippen LogP contribution in [0.25, 0.3) is 11.1 Å². The molecule has 0 saturated carbocycles. The van der Waals surface area contributed by atoms with Crippen molar-refractivity contribution in [2.45, 2.75) is 12.7 Å². The Morgan fingerprint density at radius 1 is 1.06 bits per heavy atom. The quantitative estimate of drug-likeness (QED) is 0.347. The highest BCUT2D eigenvalue weighted by Gasteiger charge is 2.38. The largest absolute Gasteiger partial charge is 0.490 e. The monoisotopic (exact) mass is 503 g/mol. The van der Waals surface area contributed by atoms with Crippen LogP contribution in [0.4, 0.5) is 24.8 Å². The molecule has 0 aliphatic rings. The number of hydrogen-bond acceptors (Lipinski definition) is 6. The van der Waals surface area contributed by atoms with Crippen LogP contribution in [0.3, 0.4) is 0 Å². The number of hydrogen-bond donors (Lipinski definition) is 3. The lowest BCUT2D eigenvalue weighted by atomic mass is 10.2. The van der Waals surface area contributed by atoms with Gasteiger partial charge in [-0.2, -0.15) is 13.2 Å². The molecule has 0 saturated heterocycles. The normalized spacial score (nSPS) is 10.7. The Morgan fingerprint density at radius 3 is 2.29 bits per heavy atom. The third kappa shape index (κ3) is 7.40. The summed E-state index contributed by atoms with van der Waals surface area (Å²) in [5.74, 6) is -2.34. The summed E-state index contributed by atoms with van der Waals surface area (Å²) in [4.78, 5) is 31.3. The number of nitrogens with zero attached hydrogens (tertiary/aromatic N) is 3. The van der Waals surface area contributed by atoms with Crippen LogP contribution in [-0.2, 0) is 18.4 Å². The fraction of sp³-hybridized carbons (Fsp3) is 0.130. The second kappa shape index (κ2) is 11.3. The van der Waals surface area contributed by atoms with E-state index in [1.54, 1.807) is 23.7 Å². The standard InChI is InChI=1S/C21H19N5OS.C2HF3O2/c1-26-14-15(10-19(26)20(27)22-13-18-8-5-9-28-18)16-11-23-21(24-12-16)25-17-6-3-2-4-7-17;3-2(4,5)1(6)7/h2-12,14H,13H2,1H3,(H,22,27)(H,23,24,25);(H,6,7). The number of benzene rings is 1. The molecule has 0 spiro atoms. The van der Waals surface area contributed by atoms with Crippen LogP contribution in [0.15, 0.2) is 72.5 Å². The van der Waals surface area contributed by atoms with Gasteiger partial charge in [-0.15, -0.1) is 11.3 Å². The van der Waals surface area contributed by atoms with Gasteiger partial charge in [-0.3, -0.25) is 4.79 Å². The third-order valence-corrected chi connectivity index (χ3v) is 5.37. The molecule has 4 aromatic rings. The van der Waals surface area contributed by atoms with E-state index in [-0.39, 0.29) is 5.91 Å². The number of carbonyl (C=O) groups excluding carboxylic acids is 1. The van der Waals surface area contributed by atoms with Gasteiger partial charge in [0.1, 0.15) is 5.69 Å². The summed E-state index contributed by atoms with van der Waals surface area (Å²) in [7, 11) is 1.86. The predicted molar refractivity (Wildman–Crippen MR) is 125 cm³/mol. The topological polar surface area (TPSA) is 109 Å². The first-order valence-corrected chi connectivity index (χ1v) is 10.9. The van der Waals surface area contributed by atoms with Gasteiger partial charge in [0, 0.05) is 47.3 Å². The van der Waals surface area contributed by atoms with Gasteiger partial charge in [0.2, 0.25) is 5.95 Å². The molecule has 3 N–H and O–H groups in total. The number of thiophene rings is 1. The molecule has 182 valence electrons. The van der Waals surface area contributed by atoms with Crippen molar-refractivity contribution >= 4 is 34.8 Å². The highest BCUT2D eigenvalue weighted by Crippen LogP contribution is 2.22. The number of halogens is 3. The molecule has 0 aliphatic heterocycles. The van der Waals surface area contributed by atoms with Gasteiger partial charge in [0.15, 0.2) is 0 Å². The lowest BCUT2D eigenvalue weighted by molar-refractivity contribution is -0.192. The molecule has 8 nitrogen and oxygen atoms in total. The summed E-state index contributed by atoms with van der Waals surface area (Å²) in [5, 5.41) is 15.2. The Kier molecular flexibility index (Phi) is 8.21. The van der Waals surface area contributed by atoms with Crippen molar-refractivity contribution in [1.82, 2.24) is 19.9 Å². The van der Waals surface area contributed by atoms with Crippen LogP contribution in [0.1, 0.15) is 15.4 Å². The minimum absolute atomic E-state index is 0.106. The maximum absolute atomic E-state index is 12.5. The molecule has 3 heterocycles. The summed E-state index contributed by atoms with van der Waals surface area (Å²) in [6.07, 6.45) is 0.324. The highest BCUT2D eigenvalue weighted by atomic mass is 32.1. The van der Waals surface area contributed by atoms with E-state index in [2.05, 4.69) is 20.6 Å². The zero-order valence-electron chi connectivity index (χ0n) is 18.3. The van der Waals surface area contributed by atoms with Crippen molar-refractivity contribution in [2.24, 2.45) is 7.05 Å². The van der Waals surface area contributed by atoms with Crippen molar-refractivity contribution in [2.75, 3.05) is 5.32 Å². The van der Waals surface area contributed by atoms with Gasteiger partial charge in [-0.05, 0) is 29.6 Å². The first-order valence-electron chi connectivity index (χ1n) is 10.0. The highest BCUT2D eigenvalue weighted by molar-refractivity contribution is 7.09. The molecule has 3 aromatic heterocycles. The lowest BCUT2D eigenvalue weighted by Gasteiger charge is -2.04. The zero-order chi connectivity index (χ0) is 25.4. The molecule has 0 aliphatic carbocycles. The number of alkyl halides is 3. The van der Waals surface area contributed by atoms with Gasteiger partial charge >= 0.3 is 12.1 Å². The molecule has 0 atom stereocenters. The summed E-state index contributed by atoms with van der Waals surface area (Å²) < 4.78 is 33.6. The second-order valence-corrected chi connectivity index (χ2v) is 8.11. The molecule has 12 heteroatoms. The van der Waals surface area contributed by atoms with E-state index in [9.17, 15) is 18.0 Å². The van der Waals surface area contributed by atoms with Crippen LogP contribution >= 0.6 is 11.3 Å². The van der Waals surface area contributed by atoms with Gasteiger partial charge in [-0.1, -0.05) is 24.3 Å². The number of nitrogens with one attached hydrogen (secondary N) is 2. The Bertz CT molecular complexity index is 1260. The number of aliphatic carboxylic acids is 1. The van der Waals surface area contributed by atoms with Crippen molar-refractivity contribution in [3.05, 3.63) is 83.1 Å². The fourth-order valence-corrected chi connectivity index (χ4v) is 3.46. The predicted octanol–water partition coefficient (Wildman–Crippen LogP) is 4.85. The molecular weight excluding hydrogens is 483 g/mol. The summed E-state index contributed by atoms with van der Waals surface area (Å²) in [6.45, 7) is 0.528. The molecule has 0 radical (unpaired) electrons. The van der Waals surface area contributed by atoms with Crippen molar-refractivity contribution in [1.29, 1.82) is 0 Å². The van der Waals surface area contributed by atoms with Crippen LogP contribution in [-0.4, -0.2) is 37.7 Å². The van der Waals surface area contributed by atoms with Crippen LogP contribution < -0.4 is 10.6 Å². The van der Waals surface area contributed by atoms with E-state index in [0.29, 0.717) is 18.2 Å². The Hall–Kier alpha value is -4.19. The number of amides is 1. The first kappa shape index (κ1) is 25.4. The minimum atomic E-state index is -5.08. The second-order valence-electron chi connectivity index (χ2n) is 7.08. The molecule has 0 fully saturated rings.